The van der Waals surface area contributed by atoms with Gasteiger partial charge in [0.1, 0.15) is 11.3 Å². The second-order valence-corrected chi connectivity index (χ2v) is 5.56. The van der Waals surface area contributed by atoms with Gasteiger partial charge < -0.3 is 14.6 Å². The number of phenolic OH excluding ortho intramolecular Hbond substituents is 1. The molecule has 0 saturated carbocycles. The molecule has 0 amide bonds. The van der Waals surface area contributed by atoms with Crippen LogP contribution in [0.3, 0.4) is 0 Å². The van der Waals surface area contributed by atoms with Crippen molar-refractivity contribution < 1.29 is 14.6 Å². The summed E-state index contributed by atoms with van der Waals surface area (Å²) in [5.74, 6) is 1.39. The number of pyridine rings is 1. The Kier molecular flexibility index (Phi) is 3.32. The highest BCUT2D eigenvalue weighted by Crippen LogP contribution is 2.40. The second-order valence-electron chi connectivity index (χ2n) is 5.15. The standard InChI is InChI=1S/C18H12ClNO3/c19-14-8-11(9-16-18(14)23-10-22-16)4-6-13-7-5-12-2-1-3-15(21)17(12)20-13/h1-9,21H,10H2/b6-4+. The largest absolute Gasteiger partial charge is 0.506 e. The number of halogens is 1. The van der Waals surface area contributed by atoms with E-state index in [4.69, 9.17) is 21.1 Å². The molecule has 1 N–H and O–H groups in total. The molecule has 0 atom stereocenters. The smallest absolute Gasteiger partial charge is 0.231 e. The Labute approximate surface area is 137 Å². The van der Waals surface area contributed by atoms with E-state index in [-0.39, 0.29) is 12.5 Å². The molecule has 0 saturated heterocycles. The Morgan fingerprint density at radius 1 is 1.09 bits per heavy atom. The van der Waals surface area contributed by atoms with Crippen LogP contribution in [0.1, 0.15) is 11.3 Å². The predicted octanol–water partition coefficient (Wildman–Crippen LogP) is 4.49. The van der Waals surface area contributed by atoms with Crippen LogP contribution in [-0.4, -0.2) is 16.9 Å². The van der Waals surface area contributed by atoms with Crippen molar-refractivity contribution in [3.63, 3.8) is 0 Å². The number of phenols is 1. The number of hydrogen-bond acceptors (Lipinski definition) is 4. The summed E-state index contributed by atoms with van der Waals surface area (Å²) in [6.45, 7) is 0.188. The Morgan fingerprint density at radius 2 is 2.00 bits per heavy atom. The summed E-state index contributed by atoms with van der Waals surface area (Å²) in [7, 11) is 0. The molecule has 2 heterocycles. The maximum Gasteiger partial charge on any atom is 0.231 e. The molecule has 1 aliphatic rings. The quantitative estimate of drug-likeness (QED) is 0.754. The van der Waals surface area contributed by atoms with Crippen molar-refractivity contribution in [1.82, 2.24) is 4.98 Å². The van der Waals surface area contributed by atoms with Crippen molar-refractivity contribution in [2.45, 2.75) is 0 Å². The summed E-state index contributed by atoms with van der Waals surface area (Å²) in [5.41, 5.74) is 2.21. The van der Waals surface area contributed by atoms with Crippen LogP contribution in [0.2, 0.25) is 5.02 Å². The zero-order chi connectivity index (χ0) is 15.8. The molecule has 2 aromatic carbocycles. The molecule has 0 aliphatic carbocycles. The molecule has 0 radical (unpaired) electrons. The number of para-hydroxylation sites is 1. The van der Waals surface area contributed by atoms with Gasteiger partial charge in [0.2, 0.25) is 6.79 Å². The topological polar surface area (TPSA) is 51.6 Å². The lowest BCUT2D eigenvalue weighted by molar-refractivity contribution is 0.174. The maximum absolute atomic E-state index is 9.89. The van der Waals surface area contributed by atoms with Gasteiger partial charge in [0, 0.05) is 5.39 Å². The van der Waals surface area contributed by atoms with Gasteiger partial charge in [-0.25, -0.2) is 4.98 Å². The minimum absolute atomic E-state index is 0.170. The lowest BCUT2D eigenvalue weighted by atomic mass is 10.1. The number of aromatic nitrogens is 1. The average Bonchev–Trinajstić information content (AvgIpc) is 3.03. The monoisotopic (exact) mass is 325 g/mol. The molecule has 114 valence electrons. The van der Waals surface area contributed by atoms with E-state index in [0.29, 0.717) is 22.0 Å². The molecule has 0 bridgehead atoms. The molecule has 0 unspecified atom stereocenters. The average molecular weight is 326 g/mol. The number of aromatic hydroxyl groups is 1. The van der Waals surface area contributed by atoms with E-state index in [0.717, 1.165) is 16.6 Å². The summed E-state index contributed by atoms with van der Waals surface area (Å²) in [6.07, 6.45) is 3.75. The fourth-order valence-corrected chi connectivity index (χ4v) is 2.78. The van der Waals surface area contributed by atoms with Crippen LogP contribution in [0.5, 0.6) is 17.2 Å². The molecule has 1 aromatic heterocycles. The van der Waals surface area contributed by atoms with E-state index in [1.165, 1.54) is 0 Å². The van der Waals surface area contributed by atoms with E-state index in [1.807, 2.05) is 42.5 Å². The molecule has 3 aromatic rings. The summed E-state index contributed by atoms with van der Waals surface area (Å²) in [5, 5.41) is 11.3. The first-order valence-corrected chi connectivity index (χ1v) is 7.44. The number of nitrogens with zero attached hydrogens (tertiary/aromatic N) is 1. The minimum Gasteiger partial charge on any atom is -0.506 e. The van der Waals surface area contributed by atoms with Crippen molar-refractivity contribution in [2.24, 2.45) is 0 Å². The molecule has 0 fully saturated rings. The number of benzene rings is 2. The SMILES string of the molecule is Oc1cccc2ccc(/C=C/c3cc(Cl)c4c(c3)OCO4)nc12. The van der Waals surface area contributed by atoms with E-state index >= 15 is 0 Å². The van der Waals surface area contributed by atoms with Crippen LogP contribution in [0.25, 0.3) is 23.1 Å². The third kappa shape index (κ3) is 2.58. The molecule has 4 rings (SSSR count). The Balaban J connectivity index is 1.69. The Hall–Kier alpha value is -2.72. The zero-order valence-electron chi connectivity index (χ0n) is 12.0. The lowest BCUT2D eigenvalue weighted by Crippen LogP contribution is -1.93. The van der Waals surface area contributed by atoms with Crippen LogP contribution >= 0.6 is 11.6 Å². The van der Waals surface area contributed by atoms with Gasteiger partial charge in [-0.2, -0.15) is 0 Å². The van der Waals surface area contributed by atoms with E-state index in [2.05, 4.69) is 4.98 Å². The van der Waals surface area contributed by atoms with Crippen LogP contribution < -0.4 is 9.47 Å². The van der Waals surface area contributed by atoms with Gasteiger partial charge in [0.25, 0.3) is 0 Å². The van der Waals surface area contributed by atoms with Crippen molar-refractivity contribution in [2.75, 3.05) is 6.79 Å². The predicted molar refractivity (Wildman–Crippen MR) is 89.9 cm³/mol. The van der Waals surface area contributed by atoms with Gasteiger partial charge in [-0.3, -0.25) is 0 Å². The zero-order valence-corrected chi connectivity index (χ0v) is 12.7. The maximum atomic E-state index is 9.89. The summed E-state index contributed by atoms with van der Waals surface area (Å²) < 4.78 is 10.6. The third-order valence-corrected chi connectivity index (χ3v) is 3.90. The number of fused-ring (bicyclic) bond motifs is 2. The van der Waals surface area contributed by atoms with Gasteiger partial charge in [-0.1, -0.05) is 35.9 Å². The first-order chi connectivity index (χ1) is 11.2. The van der Waals surface area contributed by atoms with Crippen LogP contribution in [-0.2, 0) is 0 Å². The highest BCUT2D eigenvalue weighted by molar-refractivity contribution is 6.32. The normalized spacial score (nSPS) is 13.1. The van der Waals surface area contributed by atoms with Crippen molar-refractivity contribution in [3.05, 3.63) is 58.7 Å². The molecule has 4 nitrogen and oxygen atoms in total. The fourth-order valence-electron chi connectivity index (χ4n) is 2.50. The highest BCUT2D eigenvalue weighted by atomic mass is 35.5. The van der Waals surface area contributed by atoms with Crippen LogP contribution in [0.15, 0.2) is 42.5 Å². The van der Waals surface area contributed by atoms with E-state index in [1.54, 1.807) is 12.1 Å². The van der Waals surface area contributed by atoms with Crippen LogP contribution in [0, 0.1) is 0 Å². The number of rotatable bonds is 2. The lowest BCUT2D eigenvalue weighted by Gasteiger charge is -2.02. The van der Waals surface area contributed by atoms with E-state index < -0.39 is 0 Å². The fraction of sp³-hybridized carbons (Fsp3) is 0.0556. The third-order valence-electron chi connectivity index (χ3n) is 3.62. The van der Waals surface area contributed by atoms with Gasteiger partial charge >= 0.3 is 0 Å². The molecular formula is C18H12ClNO3. The second kappa shape index (κ2) is 5.48. The van der Waals surface area contributed by atoms with Gasteiger partial charge in [-0.05, 0) is 35.9 Å². The molecule has 1 aliphatic heterocycles. The van der Waals surface area contributed by atoms with Crippen molar-refractivity contribution in [3.8, 4) is 17.2 Å². The minimum atomic E-state index is 0.170. The summed E-state index contributed by atoms with van der Waals surface area (Å²) in [6, 6.07) is 12.8. The van der Waals surface area contributed by atoms with E-state index in [9.17, 15) is 5.11 Å². The molecule has 23 heavy (non-hydrogen) atoms. The number of ether oxygens (including phenoxy) is 2. The molecular weight excluding hydrogens is 314 g/mol. The van der Waals surface area contributed by atoms with Crippen molar-refractivity contribution in [1.29, 1.82) is 0 Å². The van der Waals surface area contributed by atoms with Gasteiger partial charge in [0.05, 0.1) is 10.7 Å². The molecule has 0 spiro atoms. The van der Waals surface area contributed by atoms with Crippen molar-refractivity contribution >= 4 is 34.7 Å². The van der Waals surface area contributed by atoms with Gasteiger partial charge in [0.15, 0.2) is 11.5 Å². The molecule has 5 heteroatoms. The Morgan fingerprint density at radius 3 is 2.91 bits per heavy atom. The van der Waals surface area contributed by atoms with Gasteiger partial charge in [-0.15, -0.1) is 0 Å². The summed E-state index contributed by atoms with van der Waals surface area (Å²) in [4.78, 5) is 4.46. The highest BCUT2D eigenvalue weighted by Gasteiger charge is 2.17. The van der Waals surface area contributed by atoms with Crippen LogP contribution in [0.4, 0.5) is 0 Å². The summed E-state index contributed by atoms with van der Waals surface area (Å²) >= 11 is 6.17. The Bertz CT molecular complexity index is 937. The number of hydrogen-bond donors (Lipinski definition) is 1. The first kappa shape index (κ1) is 13.9. The first-order valence-electron chi connectivity index (χ1n) is 7.07.